The molecule has 3 N–H and O–H groups in total. The van der Waals surface area contributed by atoms with Gasteiger partial charge in [-0.25, -0.2) is 0 Å². The van der Waals surface area contributed by atoms with E-state index in [0.29, 0.717) is 0 Å². The van der Waals surface area contributed by atoms with Crippen molar-refractivity contribution in [2.24, 2.45) is 0 Å². The third kappa shape index (κ3) is 10.8. The number of aliphatic hydroxyl groups excluding tert-OH is 3. The Morgan fingerprint density at radius 3 is 1.26 bits per heavy atom. The van der Waals surface area contributed by atoms with Gasteiger partial charge in [0.25, 0.3) is 0 Å². The molecule has 1 saturated heterocycles. The van der Waals surface area contributed by atoms with Crippen LogP contribution in [-0.4, -0.2) is 131 Å². The van der Waals surface area contributed by atoms with E-state index in [-0.39, 0.29) is 52.4 Å². The van der Waals surface area contributed by atoms with Crippen molar-refractivity contribution in [3.8, 4) is 0 Å². The number of rotatable bonds is 7. The first-order valence-electron chi connectivity index (χ1n) is 10.1. The summed E-state index contributed by atoms with van der Waals surface area (Å²) >= 11 is 0. The number of hydroxylamine groups is 6. The molecule has 0 bridgehead atoms. The highest BCUT2D eigenvalue weighted by Crippen LogP contribution is 2.09. The molecule has 0 aliphatic carbocycles. The van der Waals surface area contributed by atoms with Crippen LogP contribution in [0.5, 0.6) is 0 Å². The molecule has 0 aromatic rings. The molecule has 180 valence electrons. The third-order valence-corrected chi connectivity index (χ3v) is 4.53. The first-order valence-corrected chi connectivity index (χ1v) is 10.1. The lowest BCUT2D eigenvalue weighted by atomic mass is 10.1. The minimum atomic E-state index is -1.19. The molecule has 0 aromatic carbocycles. The van der Waals surface area contributed by atoms with Crippen LogP contribution in [0.4, 0.5) is 0 Å². The van der Waals surface area contributed by atoms with Crippen LogP contribution in [0.2, 0.25) is 0 Å². The Morgan fingerprint density at radius 2 is 1.00 bits per heavy atom. The van der Waals surface area contributed by atoms with Gasteiger partial charge in [-0.1, -0.05) is 0 Å². The fourth-order valence-corrected chi connectivity index (χ4v) is 3.13. The van der Waals surface area contributed by atoms with E-state index in [4.69, 9.17) is 14.5 Å². The van der Waals surface area contributed by atoms with Gasteiger partial charge in [0.1, 0.15) is 0 Å². The second kappa shape index (κ2) is 14.2. The van der Waals surface area contributed by atoms with Gasteiger partial charge >= 0.3 is 17.9 Å². The molecule has 0 radical (unpaired) electrons. The Hall–Kier alpha value is -1.87. The molecule has 2 atom stereocenters. The molecule has 1 heterocycles. The zero-order chi connectivity index (χ0) is 23.4. The van der Waals surface area contributed by atoms with Crippen molar-refractivity contribution < 1.29 is 44.2 Å². The maximum Gasteiger partial charge on any atom is 0.322 e. The van der Waals surface area contributed by atoms with E-state index in [1.165, 1.54) is 36.0 Å². The van der Waals surface area contributed by atoms with Crippen molar-refractivity contribution in [1.29, 1.82) is 0 Å². The van der Waals surface area contributed by atoms with Crippen LogP contribution >= 0.6 is 0 Å². The van der Waals surface area contributed by atoms with E-state index < -0.39 is 43.3 Å². The molecule has 31 heavy (non-hydrogen) atoms. The molecule has 0 spiro atoms. The Balaban J connectivity index is 3.05. The Labute approximate surface area is 181 Å². The summed E-state index contributed by atoms with van der Waals surface area (Å²) in [5.74, 6) is -1.55. The summed E-state index contributed by atoms with van der Waals surface area (Å²) < 4.78 is 0. The van der Waals surface area contributed by atoms with E-state index >= 15 is 0 Å². The summed E-state index contributed by atoms with van der Waals surface area (Å²) in [6.07, 6.45) is -1.19. The number of carbonyl (C=O) groups excluding carboxylic acids is 3. The number of hydrogen-bond donors (Lipinski definition) is 3. The van der Waals surface area contributed by atoms with Crippen LogP contribution in [0.3, 0.4) is 0 Å². The largest absolute Gasteiger partial charge is 0.395 e. The predicted molar refractivity (Wildman–Crippen MR) is 106 cm³/mol. The zero-order valence-corrected chi connectivity index (χ0v) is 18.3. The topological polar surface area (TPSA) is 153 Å². The maximum absolute atomic E-state index is 11.5. The Bertz CT molecular complexity index is 548. The van der Waals surface area contributed by atoms with Crippen LogP contribution in [0, 0.1) is 0 Å². The lowest BCUT2D eigenvalue weighted by Crippen LogP contribution is -2.53. The minimum Gasteiger partial charge on any atom is -0.395 e. The van der Waals surface area contributed by atoms with Gasteiger partial charge in [0.15, 0.2) is 0 Å². The van der Waals surface area contributed by atoms with E-state index in [1.54, 1.807) is 4.90 Å². The van der Waals surface area contributed by atoms with E-state index in [0.717, 1.165) is 0 Å². The highest BCUT2D eigenvalue weighted by atomic mass is 16.7. The van der Waals surface area contributed by atoms with Gasteiger partial charge in [-0.15, -0.1) is 15.2 Å². The quantitative estimate of drug-likeness (QED) is 0.371. The van der Waals surface area contributed by atoms with Gasteiger partial charge < -0.3 is 29.8 Å². The summed E-state index contributed by atoms with van der Waals surface area (Å²) in [6.45, 7) is 4.64. The summed E-state index contributed by atoms with van der Waals surface area (Å²) in [7, 11) is 0. The van der Waals surface area contributed by atoms with Crippen molar-refractivity contribution in [3.63, 3.8) is 0 Å². The average molecular weight is 450 g/mol. The molecule has 1 fully saturated rings. The highest BCUT2D eigenvalue weighted by molar-refractivity contribution is 5.66. The molecule has 2 unspecified atom stereocenters. The average Bonchev–Trinajstić information content (AvgIpc) is 2.68. The molecule has 1 rings (SSSR count). The van der Waals surface area contributed by atoms with Crippen molar-refractivity contribution in [2.45, 2.75) is 32.9 Å². The van der Waals surface area contributed by atoms with Gasteiger partial charge in [0.05, 0.1) is 51.5 Å². The van der Waals surface area contributed by atoms with Crippen LogP contribution in [0.25, 0.3) is 0 Å². The monoisotopic (exact) mass is 450 g/mol. The zero-order valence-electron chi connectivity index (χ0n) is 18.3. The molecule has 1 aliphatic heterocycles. The number of hydrogen-bond acceptors (Lipinski definition) is 13. The molecule has 0 saturated carbocycles. The van der Waals surface area contributed by atoms with Crippen molar-refractivity contribution >= 4 is 17.9 Å². The van der Waals surface area contributed by atoms with Gasteiger partial charge in [0, 0.05) is 47.0 Å². The maximum atomic E-state index is 11.5. The second-order valence-corrected chi connectivity index (χ2v) is 7.07. The normalized spacial score (nSPS) is 20.7. The summed E-state index contributed by atoms with van der Waals surface area (Å²) in [6, 6.07) is -0.774. The minimum absolute atomic E-state index is 0.209. The van der Waals surface area contributed by atoms with E-state index in [1.807, 2.05) is 0 Å². The molecular weight excluding hydrogens is 416 g/mol. The fraction of sp³-hybridized carbons (Fsp3) is 0.833. The molecule has 0 aromatic heterocycles. The van der Waals surface area contributed by atoms with Gasteiger partial charge in [0.2, 0.25) is 0 Å². The van der Waals surface area contributed by atoms with Gasteiger partial charge in [-0.3, -0.25) is 19.3 Å². The molecular formula is C18H34N4O9. The van der Waals surface area contributed by atoms with E-state index in [2.05, 4.69) is 0 Å². The van der Waals surface area contributed by atoms with Crippen molar-refractivity contribution in [2.75, 3.05) is 65.6 Å². The predicted octanol–water partition coefficient (Wildman–Crippen LogP) is -2.64. The first kappa shape index (κ1) is 27.2. The SMILES string of the molecule is CC(=O)ON1CCN(OC(C)=O)CCN(C(CO)C(O)CO)CCN(OC(C)=O)CC1. The number of carbonyl (C=O) groups is 3. The van der Waals surface area contributed by atoms with Crippen LogP contribution in [0.1, 0.15) is 20.8 Å². The lowest BCUT2D eigenvalue weighted by Gasteiger charge is -2.36. The third-order valence-electron chi connectivity index (χ3n) is 4.53. The van der Waals surface area contributed by atoms with E-state index in [9.17, 15) is 29.7 Å². The van der Waals surface area contributed by atoms with Gasteiger partial charge in [-0.05, 0) is 0 Å². The summed E-state index contributed by atoms with van der Waals surface area (Å²) in [5.41, 5.74) is 0. The molecule has 0 amide bonds. The van der Waals surface area contributed by atoms with Crippen molar-refractivity contribution in [1.82, 2.24) is 20.1 Å². The smallest absolute Gasteiger partial charge is 0.322 e. The molecule has 13 nitrogen and oxygen atoms in total. The Kier molecular flexibility index (Phi) is 12.5. The van der Waals surface area contributed by atoms with Crippen molar-refractivity contribution in [3.05, 3.63) is 0 Å². The Morgan fingerprint density at radius 1 is 0.677 bits per heavy atom. The molecule has 1 aliphatic rings. The molecule has 13 heteroatoms. The number of aliphatic hydroxyl groups is 3. The van der Waals surface area contributed by atoms with Crippen LogP contribution in [-0.2, 0) is 28.9 Å². The summed E-state index contributed by atoms with van der Waals surface area (Å²) in [5, 5.41) is 33.4. The lowest BCUT2D eigenvalue weighted by molar-refractivity contribution is -0.218. The number of nitrogens with zero attached hydrogens (tertiary/aromatic N) is 4. The summed E-state index contributed by atoms with van der Waals surface area (Å²) in [4.78, 5) is 51.7. The van der Waals surface area contributed by atoms with Gasteiger partial charge in [-0.2, -0.15) is 0 Å². The first-order chi connectivity index (χ1) is 14.7. The fourth-order valence-electron chi connectivity index (χ4n) is 3.13. The second-order valence-electron chi connectivity index (χ2n) is 7.07. The standard InChI is InChI=1S/C18H34N4O9/c1-14(25)29-20-6-4-19(17(12-23)18(28)13-24)5-7-21(30-15(2)26)9-11-22(10-8-20)31-16(3)27/h17-18,23-24,28H,4-13H2,1-3H3. The van der Waals surface area contributed by atoms with Crippen LogP contribution < -0.4 is 0 Å². The van der Waals surface area contributed by atoms with Crippen LogP contribution in [0.15, 0.2) is 0 Å². The highest BCUT2D eigenvalue weighted by Gasteiger charge is 2.28.